The van der Waals surface area contributed by atoms with Crippen molar-refractivity contribution in [3.05, 3.63) is 77.9 Å². The Bertz CT molecular complexity index is 1940. The first-order chi connectivity index (χ1) is 22.9. The Hall–Kier alpha value is -5.30. The van der Waals surface area contributed by atoms with Gasteiger partial charge in [-0.25, -0.2) is 24.7 Å². The van der Waals surface area contributed by atoms with Crippen LogP contribution >= 0.6 is 0 Å². The van der Waals surface area contributed by atoms with Crippen LogP contribution in [0.5, 0.6) is 0 Å². The summed E-state index contributed by atoms with van der Waals surface area (Å²) < 4.78 is 7.84. The van der Waals surface area contributed by atoms with Gasteiger partial charge in [0.1, 0.15) is 5.82 Å². The van der Waals surface area contributed by atoms with Crippen LogP contribution < -0.4 is 4.90 Å². The molecule has 0 unspecified atom stereocenters. The summed E-state index contributed by atoms with van der Waals surface area (Å²) in [7, 11) is 1.84. The quantitative estimate of drug-likeness (QED) is 0.264. The molecule has 1 amide bonds. The van der Waals surface area contributed by atoms with E-state index >= 15 is 0 Å². The fourth-order valence-electron chi connectivity index (χ4n) is 6.31. The number of aromatic carboxylic acids is 1. The van der Waals surface area contributed by atoms with Gasteiger partial charge in [0, 0.05) is 118 Å². The lowest BCUT2D eigenvalue weighted by Gasteiger charge is -2.29. The fourth-order valence-corrected chi connectivity index (χ4v) is 6.31. The number of nitrogens with zero attached hydrogens (tertiary/aromatic N) is 9. The molecule has 1 N–H and O–H groups in total. The van der Waals surface area contributed by atoms with Crippen molar-refractivity contribution in [2.24, 2.45) is 0 Å². The van der Waals surface area contributed by atoms with Crippen LogP contribution in [0, 0.1) is 0 Å². The first kappa shape index (κ1) is 30.4. The molecule has 0 bridgehead atoms. The second-order valence-corrected chi connectivity index (χ2v) is 12.0. The predicted molar refractivity (Wildman–Crippen MR) is 174 cm³/mol. The third kappa shape index (κ3) is 6.13. The van der Waals surface area contributed by atoms with E-state index in [1.807, 2.05) is 35.2 Å². The summed E-state index contributed by atoms with van der Waals surface area (Å²) in [5, 5.41) is 16.3. The number of carbonyl (C=O) groups excluding carboxylic acids is 1. The summed E-state index contributed by atoms with van der Waals surface area (Å²) in [6.45, 7) is 4.90. The average Bonchev–Trinajstić information content (AvgIpc) is 3.49. The van der Waals surface area contributed by atoms with Gasteiger partial charge >= 0.3 is 5.97 Å². The highest BCUT2D eigenvalue weighted by atomic mass is 16.5. The molecule has 13 heteroatoms. The van der Waals surface area contributed by atoms with Gasteiger partial charge in [0.05, 0.1) is 23.0 Å². The third-order valence-corrected chi connectivity index (χ3v) is 8.99. The van der Waals surface area contributed by atoms with E-state index in [2.05, 4.69) is 36.8 Å². The molecule has 240 valence electrons. The van der Waals surface area contributed by atoms with Gasteiger partial charge in [0.25, 0.3) is 0 Å². The first-order valence-electron chi connectivity index (χ1n) is 15.8. The summed E-state index contributed by atoms with van der Waals surface area (Å²) in [6, 6.07) is 8.55. The number of carbonyl (C=O) groups is 2. The van der Waals surface area contributed by atoms with Crippen LogP contribution in [0.1, 0.15) is 53.2 Å². The Balaban J connectivity index is 1.13. The van der Waals surface area contributed by atoms with Crippen molar-refractivity contribution in [2.45, 2.75) is 45.2 Å². The topological polar surface area (TPSA) is 152 Å². The molecule has 1 aromatic carbocycles. The monoisotopic (exact) mass is 633 g/mol. The second kappa shape index (κ2) is 12.8. The van der Waals surface area contributed by atoms with Crippen molar-refractivity contribution >= 4 is 28.6 Å². The lowest BCUT2D eigenvalue weighted by Crippen LogP contribution is -2.35. The SMILES string of the molecule is CC(=O)N1CCc2c(c(-c3cccc4cc(-c5cnc(CCN(C)c6ncc(C(=O)O)cn6)nc5)ncc34)nn2C2CCOCC2)C1. The number of anilines is 1. The van der Waals surface area contributed by atoms with E-state index in [4.69, 9.17) is 19.9 Å². The zero-order valence-corrected chi connectivity index (χ0v) is 26.3. The number of fused-ring (bicyclic) bond motifs is 2. The van der Waals surface area contributed by atoms with E-state index in [0.29, 0.717) is 37.8 Å². The maximum Gasteiger partial charge on any atom is 0.338 e. The molecule has 6 heterocycles. The van der Waals surface area contributed by atoms with Gasteiger partial charge in [-0.05, 0) is 24.3 Å². The molecule has 5 aromatic rings. The van der Waals surface area contributed by atoms with Gasteiger partial charge in [-0.1, -0.05) is 18.2 Å². The van der Waals surface area contributed by atoms with Crippen molar-refractivity contribution in [3.63, 3.8) is 0 Å². The van der Waals surface area contributed by atoms with E-state index < -0.39 is 5.97 Å². The number of hydrogen-bond donors (Lipinski definition) is 1. The van der Waals surface area contributed by atoms with E-state index in [1.54, 1.807) is 19.3 Å². The molecule has 0 spiro atoms. The van der Waals surface area contributed by atoms with Crippen LogP contribution in [0.3, 0.4) is 0 Å². The lowest BCUT2D eigenvalue weighted by molar-refractivity contribution is -0.129. The Morgan fingerprint density at radius 3 is 2.51 bits per heavy atom. The highest BCUT2D eigenvalue weighted by Crippen LogP contribution is 2.37. The minimum absolute atomic E-state index is 0.0425. The van der Waals surface area contributed by atoms with E-state index in [-0.39, 0.29) is 17.5 Å². The number of aromatic nitrogens is 7. The second-order valence-electron chi connectivity index (χ2n) is 12.0. The van der Waals surface area contributed by atoms with Gasteiger partial charge in [-0.2, -0.15) is 5.10 Å². The molecule has 4 aromatic heterocycles. The number of rotatable bonds is 8. The van der Waals surface area contributed by atoms with Gasteiger partial charge in [0.2, 0.25) is 11.9 Å². The normalized spacial score (nSPS) is 15.1. The highest BCUT2D eigenvalue weighted by molar-refractivity contribution is 5.97. The largest absolute Gasteiger partial charge is 0.478 e. The maximum atomic E-state index is 12.4. The summed E-state index contributed by atoms with van der Waals surface area (Å²) in [6.07, 6.45) is 11.2. The lowest BCUT2D eigenvalue weighted by atomic mass is 9.96. The average molecular weight is 634 g/mol. The summed E-state index contributed by atoms with van der Waals surface area (Å²) in [5.41, 5.74) is 5.87. The molecular formula is C34H35N9O4. The molecule has 0 aliphatic carbocycles. The minimum Gasteiger partial charge on any atom is -0.478 e. The van der Waals surface area contributed by atoms with Crippen LogP contribution in [0.15, 0.2) is 55.2 Å². The fraction of sp³-hybridized carbons (Fsp3) is 0.353. The van der Waals surface area contributed by atoms with Crippen molar-refractivity contribution in [3.8, 4) is 22.5 Å². The molecule has 1 saturated heterocycles. The van der Waals surface area contributed by atoms with Crippen LogP contribution in [0.4, 0.5) is 5.95 Å². The molecule has 13 nitrogen and oxygen atoms in total. The van der Waals surface area contributed by atoms with E-state index in [9.17, 15) is 9.59 Å². The van der Waals surface area contributed by atoms with Gasteiger partial charge < -0.3 is 19.6 Å². The first-order valence-corrected chi connectivity index (χ1v) is 15.8. The zero-order valence-electron chi connectivity index (χ0n) is 26.3. The number of likely N-dealkylation sites (N-methyl/N-ethyl adjacent to an activating group) is 1. The third-order valence-electron chi connectivity index (χ3n) is 8.99. The Kier molecular flexibility index (Phi) is 8.29. The summed E-state index contributed by atoms with van der Waals surface area (Å²) in [5.74, 6) is 0.104. The van der Waals surface area contributed by atoms with Gasteiger partial charge in [-0.3, -0.25) is 14.5 Å². The molecule has 1 fully saturated rings. The number of benzene rings is 1. The van der Waals surface area contributed by atoms with Crippen LogP contribution in [0.2, 0.25) is 0 Å². The Morgan fingerprint density at radius 1 is 1.02 bits per heavy atom. The maximum absolute atomic E-state index is 12.4. The molecule has 2 aliphatic heterocycles. The molecule has 0 radical (unpaired) electrons. The molecule has 7 rings (SSSR count). The number of carboxylic acids is 1. The summed E-state index contributed by atoms with van der Waals surface area (Å²) >= 11 is 0. The van der Waals surface area contributed by atoms with Crippen molar-refractivity contribution in [2.75, 3.05) is 38.3 Å². The van der Waals surface area contributed by atoms with Crippen LogP contribution in [-0.2, 0) is 28.9 Å². The molecule has 2 aliphatic rings. The van der Waals surface area contributed by atoms with Crippen LogP contribution in [0.25, 0.3) is 33.3 Å². The molecule has 0 saturated carbocycles. The standard InChI is InChI=1S/C34H35N9O4/c1-21(44)42-11-6-30-28(20-42)32(40-43(30)25-8-12-47-13-9-25)26-5-3-4-22-14-29(35-19-27(22)26)23-15-36-31(37-16-23)7-10-41(2)34-38-17-24(18-39-34)33(45)46/h3-5,14-19,25H,6-13,20H2,1-2H3,(H,45,46). The Labute approximate surface area is 271 Å². The number of pyridine rings is 1. The van der Waals surface area contributed by atoms with E-state index in [0.717, 1.165) is 71.3 Å². The predicted octanol–water partition coefficient (Wildman–Crippen LogP) is 3.98. The molecule has 47 heavy (non-hydrogen) atoms. The molecule has 0 atom stereocenters. The van der Waals surface area contributed by atoms with Gasteiger partial charge in [-0.15, -0.1) is 0 Å². The van der Waals surface area contributed by atoms with E-state index in [1.165, 1.54) is 18.1 Å². The smallest absolute Gasteiger partial charge is 0.338 e. The van der Waals surface area contributed by atoms with Crippen molar-refractivity contribution in [1.29, 1.82) is 0 Å². The van der Waals surface area contributed by atoms with Crippen LogP contribution in [-0.4, -0.2) is 89.9 Å². The zero-order chi connectivity index (χ0) is 32.5. The number of ether oxygens (including phenoxy) is 1. The summed E-state index contributed by atoms with van der Waals surface area (Å²) in [4.78, 5) is 49.4. The number of hydrogen-bond acceptors (Lipinski definition) is 10. The number of carboxylic acid groups (broad SMARTS) is 1. The van der Waals surface area contributed by atoms with Gasteiger partial charge in [0.15, 0.2) is 0 Å². The van der Waals surface area contributed by atoms with Crippen molar-refractivity contribution in [1.82, 2.24) is 39.6 Å². The highest BCUT2D eigenvalue weighted by Gasteiger charge is 2.30. The van der Waals surface area contributed by atoms with Crippen molar-refractivity contribution < 1.29 is 19.4 Å². The Morgan fingerprint density at radius 2 is 1.79 bits per heavy atom. The minimum atomic E-state index is -1.06. The number of amides is 1. The molecular weight excluding hydrogens is 598 g/mol.